The predicted molar refractivity (Wildman–Crippen MR) is 53.5 cm³/mol. The summed E-state index contributed by atoms with van der Waals surface area (Å²) in [5.41, 5.74) is 7.20. The van der Waals surface area contributed by atoms with Crippen LogP contribution in [-0.4, -0.2) is 11.8 Å². The molecule has 2 N–H and O–H groups in total. The van der Waals surface area contributed by atoms with E-state index in [-0.39, 0.29) is 5.78 Å². The summed E-state index contributed by atoms with van der Waals surface area (Å²) in [5, 5.41) is 8.57. The van der Waals surface area contributed by atoms with E-state index in [0.29, 0.717) is 12.0 Å². The molecule has 0 radical (unpaired) electrons. The SMILES string of the molecule is CC(=O)C(N)Cc1ccc(C#N)cc1. The molecule has 1 rings (SSSR count). The van der Waals surface area contributed by atoms with Crippen molar-refractivity contribution in [2.75, 3.05) is 0 Å². The van der Waals surface area contributed by atoms with E-state index in [1.165, 1.54) is 6.92 Å². The van der Waals surface area contributed by atoms with Crippen LogP contribution < -0.4 is 5.73 Å². The van der Waals surface area contributed by atoms with E-state index in [9.17, 15) is 4.79 Å². The van der Waals surface area contributed by atoms with E-state index in [1.54, 1.807) is 12.1 Å². The summed E-state index contributed by atoms with van der Waals surface area (Å²) in [4.78, 5) is 10.9. The van der Waals surface area contributed by atoms with Crippen LogP contribution in [0.5, 0.6) is 0 Å². The van der Waals surface area contributed by atoms with Crippen molar-refractivity contribution in [1.29, 1.82) is 5.26 Å². The monoisotopic (exact) mass is 188 g/mol. The highest BCUT2D eigenvalue weighted by Crippen LogP contribution is 2.05. The summed E-state index contributed by atoms with van der Waals surface area (Å²) in [6, 6.07) is 8.68. The second kappa shape index (κ2) is 4.54. The van der Waals surface area contributed by atoms with Crippen molar-refractivity contribution in [2.45, 2.75) is 19.4 Å². The van der Waals surface area contributed by atoms with Crippen LogP contribution in [0.3, 0.4) is 0 Å². The number of hydrogen-bond acceptors (Lipinski definition) is 3. The third kappa shape index (κ3) is 2.68. The lowest BCUT2D eigenvalue weighted by atomic mass is 10.0. The van der Waals surface area contributed by atoms with Crippen LogP contribution in [0.15, 0.2) is 24.3 Å². The molecule has 0 aliphatic rings. The van der Waals surface area contributed by atoms with Crippen LogP contribution in [0.2, 0.25) is 0 Å². The predicted octanol–water partition coefficient (Wildman–Crippen LogP) is 1.02. The lowest BCUT2D eigenvalue weighted by Crippen LogP contribution is -2.30. The van der Waals surface area contributed by atoms with Crippen LogP contribution in [0, 0.1) is 11.3 Å². The van der Waals surface area contributed by atoms with Gasteiger partial charge in [-0.2, -0.15) is 5.26 Å². The third-order valence-electron chi connectivity index (χ3n) is 2.06. The van der Waals surface area contributed by atoms with Gasteiger partial charge < -0.3 is 5.73 Å². The fourth-order valence-corrected chi connectivity index (χ4v) is 1.11. The molecule has 1 aromatic carbocycles. The Kier molecular flexibility index (Phi) is 3.38. The molecule has 1 aromatic rings. The van der Waals surface area contributed by atoms with Crippen molar-refractivity contribution < 1.29 is 4.79 Å². The molecule has 3 heteroatoms. The van der Waals surface area contributed by atoms with Gasteiger partial charge >= 0.3 is 0 Å². The fourth-order valence-electron chi connectivity index (χ4n) is 1.11. The average molecular weight is 188 g/mol. The molecule has 0 saturated carbocycles. The zero-order valence-corrected chi connectivity index (χ0v) is 8.03. The number of hydrogen-bond donors (Lipinski definition) is 1. The summed E-state index contributed by atoms with van der Waals surface area (Å²) in [6.07, 6.45) is 0.529. The molecule has 0 aliphatic heterocycles. The van der Waals surface area contributed by atoms with Gasteiger partial charge in [0.2, 0.25) is 0 Å². The Morgan fingerprint density at radius 1 is 1.50 bits per heavy atom. The van der Waals surface area contributed by atoms with Crippen molar-refractivity contribution in [3.63, 3.8) is 0 Å². The van der Waals surface area contributed by atoms with Crippen molar-refractivity contribution in [3.8, 4) is 6.07 Å². The molecule has 0 aliphatic carbocycles. The number of nitriles is 1. The number of rotatable bonds is 3. The van der Waals surface area contributed by atoms with Crippen LogP contribution in [0.4, 0.5) is 0 Å². The first-order chi connectivity index (χ1) is 6.63. The first kappa shape index (κ1) is 10.4. The first-order valence-electron chi connectivity index (χ1n) is 4.38. The molecule has 0 heterocycles. The maximum Gasteiger partial charge on any atom is 0.146 e. The molecule has 1 unspecified atom stereocenters. The minimum absolute atomic E-state index is 0.0191. The second-order valence-electron chi connectivity index (χ2n) is 3.23. The second-order valence-corrected chi connectivity index (χ2v) is 3.23. The Bertz CT molecular complexity index is 362. The van der Waals surface area contributed by atoms with Crippen molar-refractivity contribution in [2.24, 2.45) is 5.73 Å². The van der Waals surface area contributed by atoms with Gasteiger partial charge in [-0.05, 0) is 31.0 Å². The molecule has 3 nitrogen and oxygen atoms in total. The van der Waals surface area contributed by atoms with Gasteiger partial charge in [-0.25, -0.2) is 0 Å². The van der Waals surface area contributed by atoms with Gasteiger partial charge in [-0.1, -0.05) is 12.1 Å². The summed E-state index contributed by atoms with van der Waals surface area (Å²) < 4.78 is 0. The minimum Gasteiger partial charge on any atom is -0.321 e. The Hall–Kier alpha value is -1.66. The Morgan fingerprint density at radius 3 is 2.50 bits per heavy atom. The minimum atomic E-state index is -0.442. The molecule has 0 fully saturated rings. The smallest absolute Gasteiger partial charge is 0.146 e. The molecule has 0 bridgehead atoms. The molecule has 1 atom stereocenters. The van der Waals surface area contributed by atoms with E-state index < -0.39 is 6.04 Å². The molecule has 72 valence electrons. The zero-order chi connectivity index (χ0) is 10.6. The Labute approximate surface area is 83.2 Å². The number of carbonyl (C=O) groups is 1. The van der Waals surface area contributed by atoms with Gasteiger partial charge in [-0.3, -0.25) is 4.79 Å². The molecular weight excluding hydrogens is 176 g/mol. The molecule has 0 spiro atoms. The highest BCUT2D eigenvalue weighted by Gasteiger charge is 2.08. The summed E-state index contributed by atoms with van der Waals surface area (Å²) in [5.74, 6) is -0.0191. The first-order valence-corrected chi connectivity index (χ1v) is 4.38. The largest absolute Gasteiger partial charge is 0.321 e. The topological polar surface area (TPSA) is 66.9 Å². The highest BCUT2D eigenvalue weighted by molar-refractivity contribution is 5.81. The standard InChI is InChI=1S/C11H12N2O/c1-8(14)11(13)6-9-2-4-10(7-12)5-3-9/h2-5,11H,6,13H2,1H3. The fraction of sp³-hybridized carbons (Fsp3) is 0.273. The van der Waals surface area contributed by atoms with Crippen LogP contribution in [0.1, 0.15) is 18.1 Å². The van der Waals surface area contributed by atoms with E-state index >= 15 is 0 Å². The molecule has 0 saturated heterocycles. The lowest BCUT2D eigenvalue weighted by Gasteiger charge is -2.06. The zero-order valence-electron chi connectivity index (χ0n) is 8.03. The number of ketones is 1. The molecule has 0 aromatic heterocycles. The maximum atomic E-state index is 10.9. The number of benzene rings is 1. The quantitative estimate of drug-likeness (QED) is 0.770. The number of carbonyl (C=O) groups excluding carboxylic acids is 1. The van der Waals surface area contributed by atoms with Gasteiger partial charge in [0.1, 0.15) is 5.78 Å². The van der Waals surface area contributed by atoms with E-state index in [4.69, 9.17) is 11.0 Å². The normalized spacial score (nSPS) is 11.8. The van der Waals surface area contributed by atoms with E-state index in [0.717, 1.165) is 5.56 Å². The van der Waals surface area contributed by atoms with Gasteiger partial charge in [0.15, 0.2) is 0 Å². The number of nitrogens with zero attached hydrogens (tertiary/aromatic N) is 1. The third-order valence-corrected chi connectivity index (χ3v) is 2.06. The lowest BCUT2D eigenvalue weighted by molar-refractivity contribution is -0.118. The Morgan fingerprint density at radius 2 is 2.07 bits per heavy atom. The maximum absolute atomic E-state index is 10.9. The molecular formula is C11H12N2O. The van der Waals surface area contributed by atoms with Crippen molar-refractivity contribution in [3.05, 3.63) is 35.4 Å². The van der Waals surface area contributed by atoms with Gasteiger partial charge in [0.05, 0.1) is 17.7 Å². The summed E-state index contributed by atoms with van der Waals surface area (Å²) in [6.45, 7) is 1.48. The molecule has 14 heavy (non-hydrogen) atoms. The van der Waals surface area contributed by atoms with Crippen molar-refractivity contribution >= 4 is 5.78 Å². The van der Waals surface area contributed by atoms with Gasteiger partial charge in [-0.15, -0.1) is 0 Å². The van der Waals surface area contributed by atoms with E-state index in [2.05, 4.69) is 0 Å². The van der Waals surface area contributed by atoms with Crippen molar-refractivity contribution in [1.82, 2.24) is 0 Å². The van der Waals surface area contributed by atoms with E-state index in [1.807, 2.05) is 18.2 Å². The van der Waals surface area contributed by atoms with Gasteiger partial charge in [0.25, 0.3) is 0 Å². The van der Waals surface area contributed by atoms with Gasteiger partial charge in [0, 0.05) is 0 Å². The number of Topliss-reactive ketones (excluding diaryl/α,β-unsaturated/α-hetero) is 1. The number of nitrogens with two attached hydrogens (primary N) is 1. The van der Waals surface area contributed by atoms with Crippen LogP contribution in [-0.2, 0) is 11.2 Å². The summed E-state index contributed by atoms with van der Waals surface area (Å²) in [7, 11) is 0. The summed E-state index contributed by atoms with van der Waals surface area (Å²) >= 11 is 0. The van der Waals surface area contributed by atoms with Crippen LogP contribution in [0.25, 0.3) is 0 Å². The molecule has 0 amide bonds. The highest BCUT2D eigenvalue weighted by atomic mass is 16.1. The Balaban J connectivity index is 2.70. The average Bonchev–Trinajstić information content (AvgIpc) is 2.19. The van der Waals surface area contributed by atoms with Crippen LogP contribution >= 0.6 is 0 Å².